The Hall–Kier alpha value is -2.01. The first kappa shape index (κ1) is 9.23. The van der Waals surface area contributed by atoms with Gasteiger partial charge in [0, 0.05) is 5.69 Å². The minimum absolute atomic E-state index is 0.600. The summed E-state index contributed by atoms with van der Waals surface area (Å²) >= 11 is 1.51. The van der Waals surface area contributed by atoms with Gasteiger partial charge in [-0.3, -0.25) is 0 Å². The van der Waals surface area contributed by atoms with Crippen LogP contribution < -0.4 is 5.32 Å². The zero-order valence-electron chi connectivity index (χ0n) is 8.29. The van der Waals surface area contributed by atoms with E-state index in [0.717, 1.165) is 16.0 Å². The number of aromatic nitrogens is 3. The number of hydrogen-bond acceptors (Lipinski definition) is 5. The molecule has 2 heterocycles. The molecule has 0 atom stereocenters. The van der Waals surface area contributed by atoms with E-state index in [2.05, 4.69) is 20.3 Å². The fourth-order valence-electron chi connectivity index (χ4n) is 1.38. The number of rotatable bonds is 2. The number of anilines is 2. The van der Waals surface area contributed by atoms with Crippen LogP contribution in [0.1, 0.15) is 0 Å². The van der Waals surface area contributed by atoms with Crippen molar-refractivity contribution in [2.24, 2.45) is 0 Å². The van der Waals surface area contributed by atoms with E-state index >= 15 is 0 Å². The van der Waals surface area contributed by atoms with E-state index < -0.39 is 0 Å². The minimum atomic E-state index is 0.600. The Morgan fingerprint density at radius 3 is 2.81 bits per heavy atom. The largest absolute Gasteiger partial charge is 0.324 e. The van der Waals surface area contributed by atoms with Gasteiger partial charge in [-0.15, -0.1) is 11.3 Å². The summed E-state index contributed by atoms with van der Waals surface area (Å²) in [6.45, 7) is 0. The molecule has 0 radical (unpaired) electrons. The van der Waals surface area contributed by atoms with Gasteiger partial charge in [0.15, 0.2) is 0 Å². The molecule has 0 fully saturated rings. The van der Waals surface area contributed by atoms with Crippen LogP contribution in [-0.4, -0.2) is 15.0 Å². The lowest BCUT2D eigenvalue weighted by Crippen LogP contribution is -1.95. The van der Waals surface area contributed by atoms with Gasteiger partial charge in [-0.1, -0.05) is 18.2 Å². The molecule has 0 unspecified atom stereocenters. The average molecular weight is 228 g/mol. The number of benzene rings is 1. The zero-order valence-corrected chi connectivity index (χ0v) is 9.11. The lowest BCUT2D eigenvalue weighted by molar-refractivity contribution is 1.21. The van der Waals surface area contributed by atoms with Crippen molar-refractivity contribution >= 4 is 33.3 Å². The van der Waals surface area contributed by atoms with Gasteiger partial charge in [0.1, 0.15) is 10.3 Å². The maximum atomic E-state index is 4.36. The fraction of sp³-hybridized carbons (Fsp3) is 0. The molecule has 0 aliphatic rings. The van der Waals surface area contributed by atoms with E-state index in [9.17, 15) is 0 Å². The minimum Gasteiger partial charge on any atom is -0.324 e. The van der Waals surface area contributed by atoms with Crippen molar-refractivity contribution < 1.29 is 0 Å². The smallest absolute Gasteiger partial charge is 0.228 e. The molecular formula is C11H8N4S. The number of para-hydroxylation sites is 1. The van der Waals surface area contributed by atoms with Crippen LogP contribution in [0.4, 0.5) is 11.6 Å². The SMILES string of the molecule is c1ccc(Nc2ncc3ncsc3n2)cc1. The second-order valence-electron chi connectivity index (χ2n) is 3.23. The van der Waals surface area contributed by atoms with Crippen LogP contribution >= 0.6 is 11.3 Å². The molecule has 78 valence electrons. The molecule has 0 amide bonds. The number of nitrogens with one attached hydrogen (secondary N) is 1. The van der Waals surface area contributed by atoms with Crippen molar-refractivity contribution in [2.45, 2.75) is 0 Å². The third-order valence-corrected chi connectivity index (χ3v) is 2.86. The summed E-state index contributed by atoms with van der Waals surface area (Å²) in [5, 5.41) is 3.14. The topological polar surface area (TPSA) is 50.7 Å². The highest BCUT2D eigenvalue weighted by molar-refractivity contribution is 7.16. The summed E-state index contributed by atoms with van der Waals surface area (Å²) in [5.41, 5.74) is 3.58. The van der Waals surface area contributed by atoms with Gasteiger partial charge >= 0.3 is 0 Å². The van der Waals surface area contributed by atoms with Gasteiger partial charge in [-0.05, 0) is 12.1 Å². The zero-order chi connectivity index (χ0) is 10.8. The van der Waals surface area contributed by atoms with E-state index in [0.29, 0.717) is 5.95 Å². The fourth-order valence-corrected chi connectivity index (χ4v) is 2.01. The molecule has 1 aromatic carbocycles. The van der Waals surface area contributed by atoms with Crippen molar-refractivity contribution in [3.8, 4) is 0 Å². The van der Waals surface area contributed by atoms with Crippen LogP contribution in [0.2, 0.25) is 0 Å². The van der Waals surface area contributed by atoms with Crippen molar-refractivity contribution in [1.29, 1.82) is 0 Å². The number of fused-ring (bicyclic) bond motifs is 1. The number of nitrogens with zero attached hydrogens (tertiary/aromatic N) is 3. The van der Waals surface area contributed by atoms with Gasteiger partial charge in [-0.2, -0.15) is 4.98 Å². The summed E-state index contributed by atoms with van der Waals surface area (Å²) in [4.78, 5) is 13.6. The first-order chi connectivity index (χ1) is 7.92. The molecule has 3 aromatic rings. The van der Waals surface area contributed by atoms with Crippen LogP contribution in [0.5, 0.6) is 0 Å². The lowest BCUT2D eigenvalue weighted by Gasteiger charge is -2.02. The molecule has 1 N–H and O–H groups in total. The average Bonchev–Trinajstić information content (AvgIpc) is 2.77. The molecule has 3 rings (SSSR count). The van der Waals surface area contributed by atoms with Crippen molar-refractivity contribution in [2.75, 3.05) is 5.32 Å². The maximum absolute atomic E-state index is 4.36. The molecule has 0 saturated heterocycles. The van der Waals surface area contributed by atoms with E-state index in [1.54, 1.807) is 11.7 Å². The van der Waals surface area contributed by atoms with Gasteiger partial charge < -0.3 is 5.32 Å². The monoisotopic (exact) mass is 228 g/mol. The molecule has 0 saturated carbocycles. The van der Waals surface area contributed by atoms with E-state index in [4.69, 9.17) is 0 Å². The van der Waals surface area contributed by atoms with Crippen LogP contribution in [0.25, 0.3) is 10.3 Å². The Morgan fingerprint density at radius 2 is 1.94 bits per heavy atom. The van der Waals surface area contributed by atoms with E-state index in [1.807, 2.05) is 30.3 Å². The number of thiazole rings is 1. The Kier molecular flexibility index (Phi) is 2.23. The maximum Gasteiger partial charge on any atom is 0.228 e. The quantitative estimate of drug-likeness (QED) is 0.732. The van der Waals surface area contributed by atoms with Crippen LogP contribution in [-0.2, 0) is 0 Å². The molecule has 0 aliphatic heterocycles. The second-order valence-corrected chi connectivity index (χ2v) is 4.06. The van der Waals surface area contributed by atoms with Crippen LogP contribution in [0, 0.1) is 0 Å². The molecule has 5 heteroatoms. The molecule has 2 aromatic heterocycles. The van der Waals surface area contributed by atoms with Crippen LogP contribution in [0.15, 0.2) is 42.0 Å². The first-order valence-corrected chi connectivity index (χ1v) is 5.68. The molecule has 16 heavy (non-hydrogen) atoms. The summed E-state index contributed by atoms with van der Waals surface area (Å²) in [5.74, 6) is 0.600. The third-order valence-electron chi connectivity index (χ3n) is 2.12. The Bertz CT molecular complexity index is 605. The standard InChI is InChI=1S/C11H8N4S/c1-2-4-8(5-3-1)14-11-12-6-9-10(15-11)16-7-13-9/h1-7H,(H,12,14,15). The Balaban J connectivity index is 1.94. The Morgan fingerprint density at radius 1 is 1.06 bits per heavy atom. The van der Waals surface area contributed by atoms with Crippen molar-refractivity contribution in [3.05, 3.63) is 42.0 Å². The predicted octanol–water partition coefficient (Wildman–Crippen LogP) is 2.83. The predicted molar refractivity (Wildman–Crippen MR) is 64.9 cm³/mol. The summed E-state index contributed by atoms with van der Waals surface area (Å²) < 4.78 is 0. The summed E-state index contributed by atoms with van der Waals surface area (Å²) in [6.07, 6.45) is 1.73. The third kappa shape index (κ3) is 1.72. The summed E-state index contributed by atoms with van der Waals surface area (Å²) in [6, 6.07) is 9.85. The lowest BCUT2D eigenvalue weighted by atomic mass is 10.3. The van der Waals surface area contributed by atoms with Crippen LogP contribution in [0.3, 0.4) is 0 Å². The van der Waals surface area contributed by atoms with Gasteiger partial charge in [0.25, 0.3) is 0 Å². The summed E-state index contributed by atoms with van der Waals surface area (Å²) in [7, 11) is 0. The Labute approximate surface area is 96.0 Å². The van der Waals surface area contributed by atoms with E-state index in [1.165, 1.54) is 11.3 Å². The normalized spacial score (nSPS) is 10.5. The van der Waals surface area contributed by atoms with E-state index in [-0.39, 0.29) is 0 Å². The van der Waals surface area contributed by atoms with Crippen molar-refractivity contribution in [1.82, 2.24) is 15.0 Å². The molecule has 4 nitrogen and oxygen atoms in total. The molecule has 0 bridgehead atoms. The van der Waals surface area contributed by atoms with Gasteiger partial charge in [-0.25, -0.2) is 9.97 Å². The molecule has 0 aliphatic carbocycles. The van der Waals surface area contributed by atoms with Gasteiger partial charge in [0.05, 0.1) is 11.7 Å². The first-order valence-electron chi connectivity index (χ1n) is 4.80. The molecule has 0 spiro atoms. The highest BCUT2D eigenvalue weighted by Crippen LogP contribution is 2.17. The number of hydrogen-bond donors (Lipinski definition) is 1. The van der Waals surface area contributed by atoms with Gasteiger partial charge in [0.2, 0.25) is 5.95 Å². The highest BCUT2D eigenvalue weighted by atomic mass is 32.1. The second kappa shape index (κ2) is 3.86. The highest BCUT2D eigenvalue weighted by Gasteiger charge is 2.01. The van der Waals surface area contributed by atoms with Crippen molar-refractivity contribution in [3.63, 3.8) is 0 Å². The molecular weight excluding hydrogens is 220 g/mol.